The molecule has 0 aliphatic heterocycles. The maximum absolute atomic E-state index is 10.7. The number of aryl methyl sites for hydroxylation is 1. The van der Waals surface area contributed by atoms with Gasteiger partial charge in [-0.3, -0.25) is 0 Å². The van der Waals surface area contributed by atoms with E-state index in [9.17, 15) is 5.11 Å². The van der Waals surface area contributed by atoms with Gasteiger partial charge in [-0.25, -0.2) is 0 Å². The molecule has 0 amide bonds. The number of hydrogen-bond acceptors (Lipinski definition) is 2. The zero-order valence-corrected chi connectivity index (χ0v) is 12.3. The Balaban J connectivity index is 1.96. The lowest BCUT2D eigenvalue weighted by Crippen LogP contribution is -1.96. The summed E-state index contributed by atoms with van der Waals surface area (Å²) >= 11 is 0. The summed E-state index contributed by atoms with van der Waals surface area (Å²) in [6, 6.07) is 16.3. The molecule has 2 nitrogen and oxygen atoms in total. The molecule has 2 heteroatoms. The van der Waals surface area contributed by atoms with Crippen molar-refractivity contribution in [2.45, 2.75) is 25.7 Å². The van der Waals surface area contributed by atoms with Crippen LogP contribution in [0.4, 0.5) is 0 Å². The van der Waals surface area contributed by atoms with Crippen LogP contribution in [0, 0.1) is 0 Å². The molecule has 0 aromatic heterocycles. The molecular weight excluding hydrogens is 260 g/mol. The Kier molecular flexibility index (Phi) is 3.96. The first-order chi connectivity index (χ1) is 10.3. The molecule has 0 unspecified atom stereocenters. The van der Waals surface area contributed by atoms with Gasteiger partial charge in [0.2, 0.25) is 0 Å². The molecule has 1 N–H and O–H groups in total. The van der Waals surface area contributed by atoms with Gasteiger partial charge >= 0.3 is 0 Å². The second-order valence-corrected chi connectivity index (χ2v) is 5.49. The van der Waals surface area contributed by atoms with Crippen molar-refractivity contribution < 1.29 is 9.84 Å². The highest BCUT2D eigenvalue weighted by atomic mass is 16.5. The fourth-order valence-corrected chi connectivity index (χ4v) is 2.95. The molecule has 21 heavy (non-hydrogen) atoms. The van der Waals surface area contributed by atoms with E-state index in [1.54, 1.807) is 7.11 Å². The van der Waals surface area contributed by atoms with Crippen molar-refractivity contribution in [3.63, 3.8) is 0 Å². The van der Waals surface area contributed by atoms with E-state index in [4.69, 9.17) is 4.74 Å². The van der Waals surface area contributed by atoms with E-state index < -0.39 is 0 Å². The molecule has 3 rings (SSSR count). The van der Waals surface area contributed by atoms with Crippen molar-refractivity contribution in [1.29, 1.82) is 0 Å². The minimum absolute atomic E-state index is 0.453. The Bertz CT molecular complexity index is 657. The SMILES string of the molecule is COc1ccc2c(c1)CCCC(Cc1ccccc1)=C2O. The fourth-order valence-electron chi connectivity index (χ4n) is 2.95. The molecule has 2 aromatic carbocycles. The van der Waals surface area contributed by atoms with Crippen LogP contribution in [-0.2, 0) is 12.8 Å². The van der Waals surface area contributed by atoms with Crippen LogP contribution in [0.5, 0.6) is 5.75 Å². The third kappa shape index (κ3) is 2.94. The van der Waals surface area contributed by atoms with E-state index in [0.29, 0.717) is 5.76 Å². The molecule has 1 aliphatic rings. The summed E-state index contributed by atoms with van der Waals surface area (Å²) in [7, 11) is 1.68. The minimum Gasteiger partial charge on any atom is -0.507 e. The molecule has 0 saturated heterocycles. The van der Waals surface area contributed by atoms with Crippen LogP contribution in [0.2, 0.25) is 0 Å². The second-order valence-electron chi connectivity index (χ2n) is 5.49. The first-order valence-corrected chi connectivity index (χ1v) is 7.40. The van der Waals surface area contributed by atoms with E-state index in [1.807, 2.05) is 36.4 Å². The van der Waals surface area contributed by atoms with Crippen LogP contribution in [0.3, 0.4) is 0 Å². The summed E-state index contributed by atoms with van der Waals surface area (Å²) in [6.45, 7) is 0. The number of hydrogen-bond donors (Lipinski definition) is 1. The number of benzene rings is 2. The Hall–Kier alpha value is -2.22. The largest absolute Gasteiger partial charge is 0.507 e. The van der Waals surface area contributed by atoms with Gasteiger partial charge in [-0.15, -0.1) is 0 Å². The Morgan fingerprint density at radius 3 is 2.62 bits per heavy atom. The van der Waals surface area contributed by atoms with Crippen LogP contribution < -0.4 is 4.74 Å². The highest BCUT2D eigenvalue weighted by Crippen LogP contribution is 2.32. The summed E-state index contributed by atoms with van der Waals surface area (Å²) in [5.41, 5.74) is 4.51. The molecular formula is C19H20O2. The van der Waals surface area contributed by atoms with E-state index in [-0.39, 0.29) is 0 Å². The number of fused-ring (bicyclic) bond motifs is 1. The zero-order chi connectivity index (χ0) is 14.7. The Morgan fingerprint density at radius 1 is 1.05 bits per heavy atom. The van der Waals surface area contributed by atoms with Crippen LogP contribution in [0.15, 0.2) is 54.1 Å². The number of allylic oxidation sites excluding steroid dienone is 1. The fraction of sp³-hybridized carbons (Fsp3) is 0.263. The van der Waals surface area contributed by atoms with E-state index in [2.05, 4.69) is 12.1 Å². The minimum atomic E-state index is 0.453. The first-order valence-electron chi connectivity index (χ1n) is 7.40. The molecule has 0 atom stereocenters. The average molecular weight is 280 g/mol. The number of aliphatic hydroxyl groups is 1. The van der Waals surface area contributed by atoms with Gasteiger partial charge in [0.1, 0.15) is 11.5 Å². The monoisotopic (exact) mass is 280 g/mol. The molecule has 0 heterocycles. The lowest BCUT2D eigenvalue weighted by atomic mass is 9.99. The molecule has 0 fully saturated rings. The standard InChI is InChI=1S/C19H20O2/c1-21-17-10-11-18-15(13-17)8-5-9-16(19(18)20)12-14-6-3-2-4-7-14/h2-4,6-7,10-11,13,20H,5,8-9,12H2,1H3. The highest BCUT2D eigenvalue weighted by molar-refractivity contribution is 5.67. The lowest BCUT2D eigenvalue weighted by molar-refractivity contribution is 0.414. The molecule has 0 radical (unpaired) electrons. The molecule has 108 valence electrons. The first kappa shape index (κ1) is 13.7. The van der Waals surface area contributed by atoms with Gasteiger partial charge in [-0.2, -0.15) is 0 Å². The van der Waals surface area contributed by atoms with E-state index in [0.717, 1.165) is 42.6 Å². The molecule has 0 bridgehead atoms. The van der Waals surface area contributed by atoms with Gasteiger partial charge in [0.15, 0.2) is 0 Å². The Labute approximate surface area is 125 Å². The molecule has 1 aliphatic carbocycles. The van der Waals surface area contributed by atoms with Crippen LogP contribution >= 0.6 is 0 Å². The van der Waals surface area contributed by atoms with E-state index in [1.165, 1.54) is 11.1 Å². The van der Waals surface area contributed by atoms with Gasteiger partial charge in [-0.1, -0.05) is 30.3 Å². The quantitative estimate of drug-likeness (QED) is 0.894. The van der Waals surface area contributed by atoms with Crippen molar-refractivity contribution in [2.24, 2.45) is 0 Å². The normalized spacial score (nSPS) is 14.5. The van der Waals surface area contributed by atoms with Crippen molar-refractivity contribution in [2.75, 3.05) is 7.11 Å². The molecule has 0 spiro atoms. The predicted molar refractivity (Wildman–Crippen MR) is 85.6 cm³/mol. The van der Waals surface area contributed by atoms with Gasteiger partial charge < -0.3 is 9.84 Å². The maximum Gasteiger partial charge on any atom is 0.122 e. The lowest BCUT2D eigenvalue weighted by Gasteiger charge is -2.11. The summed E-state index contributed by atoms with van der Waals surface area (Å²) in [6.07, 6.45) is 3.80. The van der Waals surface area contributed by atoms with Gasteiger partial charge in [0.05, 0.1) is 7.11 Å². The predicted octanol–water partition coefficient (Wildman–Crippen LogP) is 4.54. The van der Waals surface area contributed by atoms with Crippen LogP contribution in [0.1, 0.15) is 29.5 Å². The number of methoxy groups -OCH3 is 1. The van der Waals surface area contributed by atoms with Gasteiger partial charge in [0.25, 0.3) is 0 Å². The molecule has 0 saturated carbocycles. The second kappa shape index (κ2) is 6.04. The van der Waals surface area contributed by atoms with Crippen molar-refractivity contribution in [3.05, 3.63) is 70.8 Å². The van der Waals surface area contributed by atoms with Crippen molar-refractivity contribution in [3.8, 4) is 5.75 Å². The van der Waals surface area contributed by atoms with Crippen molar-refractivity contribution in [1.82, 2.24) is 0 Å². The summed E-state index contributed by atoms with van der Waals surface area (Å²) in [5, 5.41) is 10.7. The smallest absolute Gasteiger partial charge is 0.122 e. The molecule has 2 aromatic rings. The number of ether oxygens (including phenoxy) is 1. The van der Waals surface area contributed by atoms with Gasteiger partial charge in [-0.05, 0) is 60.6 Å². The van der Waals surface area contributed by atoms with E-state index >= 15 is 0 Å². The zero-order valence-electron chi connectivity index (χ0n) is 12.3. The highest BCUT2D eigenvalue weighted by Gasteiger charge is 2.17. The third-order valence-electron chi connectivity index (χ3n) is 4.09. The van der Waals surface area contributed by atoms with Gasteiger partial charge in [0, 0.05) is 5.56 Å². The van der Waals surface area contributed by atoms with Crippen molar-refractivity contribution >= 4 is 5.76 Å². The maximum atomic E-state index is 10.7. The summed E-state index contributed by atoms with van der Waals surface area (Å²) in [4.78, 5) is 0. The number of rotatable bonds is 3. The topological polar surface area (TPSA) is 29.5 Å². The van der Waals surface area contributed by atoms with Crippen LogP contribution in [0.25, 0.3) is 5.76 Å². The summed E-state index contributed by atoms with van der Waals surface area (Å²) < 4.78 is 5.28. The van der Waals surface area contributed by atoms with Crippen LogP contribution in [-0.4, -0.2) is 12.2 Å². The third-order valence-corrected chi connectivity index (χ3v) is 4.09. The Morgan fingerprint density at radius 2 is 1.86 bits per heavy atom. The number of aliphatic hydroxyl groups excluding tert-OH is 1. The average Bonchev–Trinajstić information content (AvgIpc) is 2.68. The summed E-state index contributed by atoms with van der Waals surface area (Å²) in [5.74, 6) is 1.31.